The molecule has 0 bridgehead atoms. The predicted molar refractivity (Wildman–Crippen MR) is 46.4 cm³/mol. The lowest BCUT2D eigenvalue weighted by molar-refractivity contribution is 0.578. The summed E-state index contributed by atoms with van der Waals surface area (Å²) in [4.78, 5) is 0. The summed E-state index contributed by atoms with van der Waals surface area (Å²) in [5.41, 5.74) is 0.354. The number of hydrogen-bond donors (Lipinski definition) is 1. The normalized spacial score (nSPS) is 9.25. The first-order chi connectivity index (χ1) is 5.24. The van der Waals surface area contributed by atoms with Crippen molar-refractivity contribution in [3.05, 3.63) is 35.4 Å². The topological polar surface area (TPSA) is 12.0 Å². The van der Waals surface area contributed by atoms with Gasteiger partial charge < -0.3 is 5.32 Å². The van der Waals surface area contributed by atoms with E-state index in [4.69, 9.17) is 0 Å². The summed E-state index contributed by atoms with van der Waals surface area (Å²) in [6.07, 6.45) is 0. The largest absolute Gasteiger partial charge is 0.316 e. The molecule has 1 aromatic rings. The highest BCUT2D eigenvalue weighted by molar-refractivity contribution is 5.85. The average Bonchev–Trinajstić information content (AvgIpc) is 1.98. The van der Waals surface area contributed by atoms with Gasteiger partial charge in [0.1, 0.15) is 11.6 Å². The Morgan fingerprint density at radius 1 is 1.33 bits per heavy atom. The van der Waals surface area contributed by atoms with Crippen LogP contribution in [0.1, 0.15) is 5.56 Å². The van der Waals surface area contributed by atoms with Crippen LogP contribution in [0.15, 0.2) is 18.2 Å². The van der Waals surface area contributed by atoms with Crippen LogP contribution in [0.3, 0.4) is 0 Å². The fourth-order valence-corrected chi connectivity index (χ4v) is 0.869. The Kier molecular flexibility index (Phi) is 4.78. The molecule has 0 spiro atoms. The zero-order valence-electron chi connectivity index (χ0n) is 6.60. The molecular weight excluding hydrogens is 184 g/mol. The standard InChI is InChI=1S/C8H9F2N.ClH/c1-11-5-6-4-7(9)2-3-8(6)10;/h2-4,11H,5H2,1H3;1H. The molecule has 0 aliphatic carbocycles. The fourth-order valence-electron chi connectivity index (χ4n) is 0.869. The highest BCUT2D eigenvalue weighted by Gasteiger charge is 2.00. The van der Waals surface area contributed by atoms with Crippen molar-refractivity contribution >= 4 is 12.4 Å². The van der Waals surface area contributed by atoms with E-state index in [0.717, 1.165) is 12.1 Å². The predicted octanol–water partition coefficient (Wildman–Crippen LogP) is 2.11. The van der Waals surface area contributed by atoms with Crippen LogP contribution >= 0.6 is 12.4 Å². The second kappa shape index (κ2) is 5.06. The summed E-state index contributed by atoms with van der Waals surface area (Å²) in [6, 6.07) is 3.42. The van der Waals surface area contributed by atoms with Crippen molar-refractivity contribution in [2.24, 2.45) is 0 Å². The number of hydrogen-bond acceptors (Lipinski definition) is 1. The summed E-state index contributed by atoms with van der Waals surface area (Å²) >= 11 is 0. The smallest absolute Gasteiger partial charge is 0.127 e. The molecule has 0 aliphatic heterocycles. The Hall–Kier alpha value is -0.670. The van der Waals surface area contributed by atoms with Crippen molar-refractivity contribution in [1.82, 2.24) is 5.32 Å². The maximum Gasteiger partial charge on any atom is 0.127 e. The van der Waals surface area contributed by atoms with E-state index in [-0.39, 0.29) is 18.2 Å². The SMILES string of the molecule is CNCc1cc(F)ccc1F.Cl. The molecule has 0 atom stereocenters. The minimum atomic E-state index is -0.406. The summed E-state index contributed by atoms with van der Waals surface area (Å²) in [7, 11) is 1.68. The molecule has 4 heteroatoms. The molecule has 1 nitrogen and oxygen atoms in total. The van der Waals surface area contributed by atoms with Crippen molar-refractivity contribution in [2.75, 3.05) is 7.05 Å². The Balaban J connectivity index is 0.00000121. The molecule has 1 rings (SSSR count). The molecule has 0 heterocycles. The van der Waals surface area contributed by atoms with Crippen molar-refractivity contribution in [3.8, 4) is 0 Å². The summed E-state index contributed by atoms with van der Waals surface area (Å²) in [5.74, 6) is -0.780. The number of rotatable bonds is 2. The molecule has 68 valence electrons. The van der Waals surface area contributed by atoms with E-state index in [1.807, 2.05) is 0 Å². The minimum absolute atomic E-state index is 0. The second-order valence-electron chi connectivity index (χ2n) is 2.27. The van der Waals surface area contributed by atoms with Gasteiger partial charge in [0.25, 0.3) is 0 Å². The zero-order chi connectivity index (χ0) is 8.27. The van der Waals surface area contributed by atoms with E-state index >= 15 is 0 Å². The monoisotopic (exact) mass is 193 g/mol. The average molecular weight is 194 g/mol. The third-order valence-corrected chi connectivity index (χ3v) is 1.37. The van der Waals surface area contributed by atoms with Crippen molar-refractivity contribution in [3.63, 3.8) is 0 Å². The molecule has 1 aromatic carbocycles. The summed E-state index contributed by atoms with van der Waals surface area (Å²) in [6.45, 7) is 0.351. The fraction of sp³-hybridized carbons (Fsp3) is 0.250. The maximum atomic E-state index is 12.7. The third-order valence-electron chi connectivity index (χ3n) is 1.37. The quantitative estimate of drug-likeness (QED) is 0.759. The van der Waals surface area contributed by atoms with Gasteiger partial charge in [0, 0.05) is 12.1 Å². The highest BCUT2D eigenvalue weighted by Crippen LogP contribution is 2.08. The Bertz CT molecular complexity index is 253. The van der Waals surface area contributed by atoms with Crippen LogP contribution in [0.25, 0.3) is 0 Å². The molecule has 0 saturated carbocycles. The zero-order valence-corrected chi connectivity index (χ0v) is 7.42. The van der Waals surface area contributed by atoms with Crippen LogP contribution in [-0.4, -0.2) is 7.05 Å². The number of halogens is 3. The molecule has 0 radical (unpaired) electrons. The first kappa shape index (κ1) is 11.3. The van der Waals surface area contributed by atoms with Crippen LogP contribution in [0.4, 0.5) is 8.78 Å². The van der Waals surface area contributed by atoms with Crippen LogP contribution in [0, 0.1) is 11.6 Å². The van der Waals surface area contributed by atoms with Gasteiger partial charge in [-0.2, -0.15) is 0 Å². The molecule has 0 unspecified atom stereocenters. The molecule has 1 N–H and O–H groups in total. The van der Waals surface area contributed by atoms with E-state index in [0.29, 0.717) is 12.1 Å². The number of benzene rings is 1. The van der Waals surface area contributed by atoms with Gasteiger partial charge in [-0.25, -0.2) is 8.78 Å². The van der Waals surface area contributed by atoms with Gasteiger partial charge in [-0.15, -0.1) is 12.4 Å². The Morgan fingerprint density at radius 2 is 2.00 bits per heavy atom. The van der Waals surface area contributed by atoms with E-state index in [2.05, 4.69) is 5.32 Å². The van der Waals surface area contributed by atoms with Crippen LogP contribution in [0.5, 0.6) is 0 Å². The summed E-state index contributed by atoms with van der Waals surface area (Å²) in [5, 5.41) is 2.75. The van der Waals surface area contributed by atoms with Gasteiger partial charge in [-0.1, -0.05) is 0 Å². The lowest BCUT2D eigenvalue weighted by atomic mass is 10.2. The third kappa shape index (κ3) is 2.75. The Morgan fingerprint density at radius 3 is 2.58 bits per heavy atom. The van der Waals surface area contributed by atoms with Gasteiger partial charge in [0.05, 0.1) is 0 Å². The highest BCUT2D eigenvalue weighted by atomic mass is 35.5. The molecular formula is C8H10ClF2N. The molecule has 0 amide bonds. The van der Waals surface area contributed by atoms with E-state index in [1.54, 1.807) is 7.05 Å². The van der Waals surface area contributed by atoms with Gasteiger partial charge in [-0.05, 0) is 25.2 Å². The lowest BCUT2D eigenvalue weighted by Gasteiger charge is -2.00. The van der Waals surface area contributed by atoms with Crippen LogP contribution in [0.2, 0.25) is 0 Å². The molecule has 0 fully saturated rings. The van der Waals surface area contributed by atoms with E-state index in [1.165, 1.54) is 6.07 Å². The van der Waals surface area contributed by atoms with Crippen molar-refractivity contribution in [1.29, 1.82) is 0 Å². The lowest BCUT2D eigenvalue weighted by Crippen LogP contribution is -2.07. The maximum absolute atomic E-state index is 12.7. The van der Waals surface area contributed by atoms with Gasteiger partial charge in [0.2, 0.25) is 0 Å². The van der Waals surface area contributed by atoms with Crippen LogP contribution < -0.4 is 5.32 Å². The minimum Gasteiger partial charge on any atom is -0.316 e. The first-order valence-electron chi connectivity index (χ1n) is 3.32. The van der Waals surface area contributed by atoms with Gasteiger partial charge in [-0.3, -0.25) is 0 Å². The molecule has 0 aliphatic rings. The van der Waals surface area contributed by atoms with Crippen molar-refractivity contribution in [2.45, 2.75) is 6.54 Å². The van der Waals surface area contributed by atoms with Crippen LogP contribution in [-0.2, 0) is 6.54 Å². The van der Waals surface area contributed by atoms with Gasteiger partial charge in [0.15, 0.2) is 0 Å². The number of nitrogens with one attached hydrogen (secondary N) is 1. The first-order valence-corrected chi connectivity index (χ1v) is 3.32. The molecule has 0 saturated heterocycles. The van der Waals surface area contributed by atoms with E-state index < -0.39 is 5.82 Å². The van der Waals surface area contributed by atoms with Gasteiger partial charge >= 0.3 is 0 Å². The Labute approximate surface area is 76.2 Å². The molecule has 0 aromatic heterocycles. The van der Waals surface area contributed by atoms with Crippen molar-refractivity contribution < 1.29 is 8.78 Å². The molecule has 12 heavy (non-hydrogen) atoms. The summed E-state index contributed by atoms with van der Waals surface area (Å²) < 4.78 is 25.2. The second-order valence-corrected chi connectivity index (χ2v) is 2.27. The van der Waals surface area contributed by atoms with E-state index in [9.17, 15) is 8.78 Å².